The van der Waals surface area contributed by atoms with Crippen LogP contribution in [0.15, 0.2) is 42.5 Å². The van der Waals surface area contributed by atoms with E-state index in [2.05, 4.69) is 5.32 Å². The predicted octanol–water partition coefficient (Wildman–Crippen LogP) is 4.79. The van der Waals surface area contributed by atoms with Crippen LogP contribution in [0.25, 0.3) is 11.1 Å². The molecule has 0 saturated heterocycles. The smallest absolute Gasteiger partial charge is 0.313 e. The third kappa shape index (κ3) is 3.42. The summed E-state index contributed by atoms with van der Waals surface area (Å²) in [6.07, 6.45) is -4.69. The SMILES string of the molecule is CN[C@@H](C)c1ccc(-c2ccc(F)c(C(F)(F)F)c2)cc1. The highest BCUT2D eigenvalue weighted by molar-refractivity contribution is 5.64. The van der Waals surface area contributed by atoms with Gasteiger partial charge in [0.05, 0.1) is 5.56 Å². The van der Waals surface area contributed by atoms with Crippen LogP contribution in [0.2, 0.25) is 0 Å². The minimum absolute atomic E-state index is 0.151. The van der Waals surface area contributed by atoms with Crippen LogP contribution in [0.1, 0.15) is 24.1 Å². The standard InChI is InChI=1S/C16H15F4N/c1-10(21-2)11-3-5-12(6-4-11)13-7-8-15(17)14(9-13)16(18,19)20/h3-10,21H,1-2H3/t10-/m0/s1. The predicted molar refractivity (Wildman–Crippen MR) is 74.3 cm³/mol. The van der Waals surface area contributed by atoms with E-state index in [1.165, 1.54) is 6.07 Å². The molecular weight excluding hydrogens is 282 g/mol. The summed E-state index contributed by atoms with van der Waals surface area (Å²) in [5.41, 5.74) is 0.743. The summed E-state index contributed by atoms with van der Waals surface area (Å²) < 4.78 is 51.4. The van der Waals surface area contributed by atoms with Crippen molar-refractivity contribution in [2.24, 2.45) is 0 Å². The van der Waals surface area contributed by atoms with Gasteiger partial charge in [-0.15, -0.1) is 0 Å². The summed E-state index contributed by atoms with van der Waals surface area (Å²) in [6.45, 7) is 1.98. The molecule has 0 aliphatic carbocycles. The van der Waals surface area contributed by atoms with Crippen molar-refractivity contribution in [1.29, 1.82) is 0 Å². The monoisotopic (exact) mass is 297 g/mol. The second kappa shape index (κ2) is 5.85. The lowest BCUT2D eigenvalue weighted by molar-refractivity contribution is -0.139. The number of hydrogen-bond donors (Lipinski definition) is 1. The molecule has 2 aromatic carbocycles. The Balaban J connectivity index is 2.39. The van der Waals surface area contributed by atoms with Crippen LogP contribution in [0.4, 0.5) is 17.6 Å². The molecule has 0 saturated carbocycles. The van der Waals surface area contributed by atoms with Crippen molar-refractivity contribution in [1.82, 2.24) is 5.32 Å². The van der Waals surface area contributed by atoms with E-state index in [1.54, 1.807) is 12.1 Å². The minimum Gasteiger partial charge on any atom is -0.313 e. The van der Waals surface area contributed by atoms with Crippen molar-refractivity contribution in [2.75, 3.05) is 7.05 Å². The maximum absolute atomic E-state index is 13.3. The number of alkyl halides is 3. The highest BCUT2D eigenvalue weighted by Crippen LogP contribution is 2.34. The van der Waals surface area contributed by atoms with Crippen molar-refractivity contribution in [3.8, 4) is 11.1 Å². The van der Waals surface area contributed by atoms with Crippen LogP contribution in [-0.2, 0) is 6.18 Å². The molecule has 112 valence electrons. The van der Waals surface area contributed by atoms with Gasteiger partial charge in [-0.05, 0) is 42.8 Å². The first-order valence-corrected chi connectivity index (χ1v) is 6.47. The molecule has 1 N–H and O–H groups in total. The number of hydrogen-bond acceptors (Lipinski definition) is 1. The molecule has 0 heterocycles. The Labute approximate surface area is 120 Å². The van der Waals surface area contributed by atoms with Crippen LogP contribution in [-0.4, -0.2) is 7.05 Å². The third-order valence-electron chi connectivity index (χ3n) is 3.45. The average molecular weight is 297 g/mol. The molecule has 0 radical (unpaired) electrons. The van der Waals surface area contributed by atoms with Crippen LogP contribution in [0, 0.1) is 5.82 Å². The molecule has 0 bridgehead atoms. The van der Waals surface area contributed by atoms with E-state index in [9.17, 15) is 17.6 Å². The maximum atomic E-state index is 13.3. The molecule has 0 aromatic heterocycles. The van der Waals surface area contributed by atoms with E-state index in [0.717, 1.165) is 17.7 Å². The Hall–Kier alpha value is -1.88. The quantitative estimate of drug-likeness (QED) is 0.803. The summed E-state index contributed by atoms with van der Waals surface area (Å²) in [5, 5.41) is 3.08. The second-order valence-electron chi connectivity index (χ2n) is 4.82. The number of nitrogens with one attached hydrogen (secondary N) is 1. The molecule has 0 fully saturated rings. The molecule has 2 rings (SSSR count). The molecule has 0 aliphatic heterocycles. The highest BCUT2D eigenvalue weighted by Gasteiger charge is 2.34. The largest absolute Gasteiger partial charge is 0.419 e. The van der Waals surface area contributed by atoms with Gasteiger partial charge < -0.3 is 5.32 Å². The van der Waals surface area contributed by atoms with E-state index in [-0.39, 0.29) is 6.04 Å². The molecule has 0 spiro atoms. The topological polar surface area (TPSA) is 12.0 Å². The third-order valence-corrected chi connectivity index (χ3v) is 3.45. The van der Waals surface area contributed by atoms with Gasteiger partial charge in [-0.25, -0.2) is 4.39 Å². The van der Waals surface area contributed by atoms with Gasteiger partial charge in [0.25, 0.3) is 0 Å². The lowest BCUT2D eigenvalue weighted by atomic mass is 9.99. The Bertz CT molecular complexity index is 617. The van der Waals surface area contributed by atoms with Crippen LogP contribution >= 0.6 is 0 Å². The zero-order valence-electron chi connectivity index (χ0n) is 11.6. The van der Waals surface area contributed by atoms with E-state index in [4.69, 9.17) is 0 Å². The fourth-order valence-corrected chi connectivity index (χ4v) is 2.05. The minimum atomic E-state index is -4.69. The molecule has 21 heavy (non-hydrogen) atoms. The van der Waals surface area contributed by atoms with Gasteiger partial charge in [-0.2, -0.15) is 13.2 Å². The molecule has 1 nitrogen and oxygen atoms in total. The first kappa shape index (κ1) is 15.5. The molecule has 5 heteroatoms. The van der Waals surface area contributed by atoms with Gasteiger partial charge in [0, 0.05) is 6.04 Å². The van der Waals surface area contributed by atoms with Crippen molar-refractivity contribution in [3.63, 3.8) is 0 Å². The lowest BCUT2D eigenvalue weighted by Gasteiger charge is -2.13. The van der Waals surface area contributed by atoms with Gasteiger partial charge in [-0.1, -0.05) is 30.3 Å². The first-order chi connectivity index (χ1) is 9.82. The summed E-state index contributed by atoms with van der Waals surface area (Å²) in [4.78, 5) is 0. The van der Waals surface area contributed by atoms with Crippen LogP contribution in [0.5, 0.6) is 0 Å². The van der Waals surface area contributed by atoms with E-state index >= 15 is 0 Å². The molecule has 1 atom stereocenters. The van der Waals surface area contributed by atoms with Crippen LogP contribution < -0.4 is 5.32 Å². The Morgan fingerprint density at radius 3 is 2.05 bits per heavy atom. The Morgan fingerprint density at radius 2 is 1.52 bits per heavy atom. The van der Waals surface area contributed by atoms with Crippen molar-refractivity contribution in [3.05, 3.63) is 59.4 Å². The average Bonchev–Trinajstić information content (AvgIpc) is 2.46. The maximum Gasteiger partial charge on any atom is 0.419 e. The highest BCUT2D eigenvalue weighted by atomic mass is 19.4. The fourth-order valence-electron chi connectivity index (χ4n) is 2.05. The molecule has 2 aromatic rings. The van der Waals surface area contributed by atoms with Gasteiger partial charge in [0.15, 0.2) is 0 Å². The van der Waals surface area contributed by atoms with Crippen molar-refractivity contribution in [2.45, 2.75) is 19.1 Å². The second-order valence-corrected chi connectivity index (χ2v) is 4.82. The zero-order chi connectivity index (χ0) is 15.6. The molecule has 0 unspecified atom stereocenters. The van der Waals surface area contributed by atoms with Crippen molar-refractivity contribution >= 4 is 0 Å². The Morgan fingerprint density at radius 1 is 0.952 bits per heavy atom. The number of halogens is 4. The first-order valence-electron chi connectivity index (χ1n) is 6.47. The fraction of sp³-hybridized carbons (Fsp3) is 0.250. The van der Waals surface area contributed by atoms with E-state index in [1.807, 2.05) is 26.1 Å². The summed E-state index contributed by atoms with van der Waals surface area (Å²) in [6, 6.07) is 10.3. The lowest BCUT2D eigenvalue weighted by Crippen LogP contribution is -2.11. The van der Waals surface area contributed by atoms with Crippen LogP contribution in [0.3, 0.4) is 0 Å². The van der Waals surface area contributed by atoms with Crippen molar-refractivity contribution < 1.29 is 17.6 Å². The number of benzene rings is 2. The molecular formula is C16H15F4N. The zero-order valence-corrected chi connectivity index (χ0v) is 11.6. The Kier molecular flexibility index (Phi) is 4.32. The van der Waals surface area contributed by atoms with Gasteiger partial charge in [-0.3, -0.25) is 0 Å². The summed E-state index contributed by atoms with van der Waals surface area (Å²) >= 11 is 0. The normalized spacial score (nSPS) is 13.2. The molecule has 0 amide bonds. The van der Waals surface area contributed by atoms with Gasteiger partial charge in [0.1, 0.15) is 5.82 Å². The van der Waals surface area contributed by atoms with Gasteiger partial charge in [0.2, 0.25) is 0 Å². The summed E-state index contributed by atoms with van der Waals surface area (Å²) in [7, 11) is 1.83. The van der Waals surface area contributed by atoms with Gasteiger partial charge >= 0.3 is 6.18 Å². The summed E-state index contributed by atoms with van der Waals surface area (Å²) in [5.74, 6) is -1.26. The van der Waals surface area contributed by atoms with E-state index < -0.39 is 17.6 Å². The van der Waals surface area contributed by atoms with E-state index in [0.29, 0.717) is 11.1 Å². The molecule has 0 aliphatic rings. The number of rotatable bonds is 3.